The molecule has 8 heteroatoms. The van der Waals surface area contributed by atoms with Crippen molar-refractivity contribution in [1.82, 2.24) is 14.2 Å². The van der Waals surface area contributed by atoms with Crippen LogP contribution in [-0.4, -0.2) is 61.2 Å². The molecule has 0 aliphatic carbocycles. The van der Waals surface area contributed by atoms with Gasteiger partial charge in [0, 0.05) is 32.4 Å². The number of hydrogen-bond acceptors (Lipinski definition) is 5. The van der Waals surface area contributed by atoms with E-state index in [-0.39, 0.29) is 12.5 Å². The average molecular weight is 388 g/mol. The molecule has 1 aromatic heterocycles. The number of benzene rings is 1. The number of aromatic nitrogens is 1. The summed E-state index contributed by atoms with van der Waals surface area (Å²) in [5.74, 6) is 0.368. The van der Waals surface area contributed by atoms with Crippen LogP contribution in [0.3, 0.4) is 0 Å². The molecule has 1 aliphatic heterocycles. The van der Waals surface area contributed by atoms with Gasteiger partial charge in [0.15, 0.2) is 0 Å². The molecule has 1 amide bonds. The molecule has 0 bridgehead atoms. The zero-order valence-corrected chi connectivity index (χ0v) is 16.4. The van der Waals surface area contributed by atoms with Gasteiger partial charge in [-0.1, -0.05) is 23.8 Å². The number of piperazine rings is 1. The molecule has 3 rings (SSSR count). The van der Waals surface area contributed by atoms with Crippen LogP contribution in [0.1, 0.15) is 11.1 Å². The third kappa shape index (κ3) is 4.91. The molecule has 1 aromatic carbocycles. The highest BCUT2D eigenvalue weighted by Crippen LogP contribution is 2.18. The van der Waals surface area contributed by atoms with Crippen molar-refractivity contribution in [2.24, 2.45) is 0 Å². The summed E-state index contributed by atoms with van der Waals surface area (Å²) in [6.07, 6.45) is 1.70. The van der Waals surface area contributed by atoms with Crippen molar-refractivity contribution in [3.63, 3.8) is 0 Å². The Morgan fingerprint density at radius 2 is 1.63 bits per heavy atom. The van der Waals surface area contributed by atoms with Gasteiger partial charge in [0.1, 0.15) is 5.82 Å². The van der Waals surface area contributed by atoms with Gasteiger partial charge in [0.2, 0.25) is 15.9 Å². The number of aryl methyl sites for hydroxylation is 2. The average Bonchev–Trinajstić information content (AvgIpc) is 2.64. The molecule has 7 nitrogen and oxygen atoms in total. The molecule has 1 N–H and O–H groups in total. The highest BCUT2D eigenvalue weighted by molar-refractivity contribution is 7.89. The van der Waals surface area contributed by atoms with Crippen LogP contribution in [0.5, 0.6) is 0 Å². The molecular weight excluding hydrogens is 364 g/mol. The van der Waals surface area contributed by atoms with Crippen LogP contribution in [0.2, 0.25) is 0 Å². The largest absolute Gasteiger partial charge is 0.310 e. The Labute approximate surface area is 160 Å². The molecule has 1 fully saturated rings. The van der Waals surface area contributed by atoms with Crippen LogP contribution in [0.25, 0.3) is 0 Å². The van der Waals surface area contributed by atoms with Crippen LogP contribution in [0.4, 0.5) is 5.82 Å². The van der Waals surface area contributed by atoms with Crippen LogP contribution >= 0.6 is 0 Å². The Balaban J connectivity index is 1.53. The van der Waals surface area contributed by atoms with Crippen molar-refractivity contribution < 1.29 is 13.2 Å². The van der Waals surface area contributed by atoms with Gasteiger partial charge < -0.3 is 5.32 Å². The summed E-state index contributed by atoms with van der Waals surface area (Å²) in [5, 5.41) is 2.77. The van der Waals surface area contributed by atoms with E-state index in [0.717, 1.165) is 11.1 Å². The normalized spacial score (nSPS) is 16.2. The first-order valence-corrected chi connectivity index (χ1v) is 10.3. The van der Waals surface area contributed by atoms with E-state index >= 15 is 0 Å². The van der Waals surface area contributed by atoms with Gasteiger partial charge in [-0.05, 0) is 37.6 Å². The number of sulfonamides is 1. The lowest BCUT2D eigenvalue weighted by Gasteiger charge is -2.33. The first-order chi connectivity index (χ1) is 12.8. The van der Waals surface area contributed by atoms with E-state index in [4.69, 9.17) is 0 Å². The second-order valence-corrected chi connectivity index (χ2v) is 8.70. The number of carbonyl (C=O) groups is 1. The number of amides is 1. The molecule has 1 saturated heterocycles. The second-order valence-electron chi connectivity index (χ2n) is 6.76. The second kappa shape index (κ2) is 8.16. The van der Waals surface area contributed by atoms with Crippen molar-refractivity contribution in [1.29, 1.82) is 0 Å². The minimum absolute atomic E-state index is 0.152. The van der Waals surface area contributed by atoms with Gasteiger partial charge in [-0.15, -0.1) is 0 Å². The van der Waals surface area contributed by atoms with E-state index in [1.54, 1.807) is 36.5 Å². The molecule has 0 saturated carbocycles. The molecule has 0 atom stereocenters. The first kappa shape index (κ1) is 19.5. The fourth-order valence-electron chi connectivity index (χ4n) is 2.91. The zero-order valence-electron chi connectivity index (χ0n) is 15.6. The molecule has 0 unspecified atom stereocenters. The Morgan fingerprint density at radius 1 is 1.00 bits per heavy atom. The third-order valence-electron chi connectivity index (χ3n) is 4.54. The van der Waals surface area contributed by atoms with E-state index in [1.807, 2.05) is 24.8 Å². The topological polar surface area (TPSA) is 82.6 Å². The maximum Gasteiger partial charge on any atom is 0.243 e. The van der Waals surface area contributed by atoms with Crippen LogP contribution < -0.4 is 5.32 Å². The van der Waals surface area contributed by atoms with Gasteiger partial charge in [0.25, 0.3) is 0 Å². The van der Waals surface area contributed by atoms with E-state index in [9.17, 15) is 13.2 Å². The summed E-state index contributed by atoms with van der Waals surface area (Å²) in [6, 6.07) is 10.5. The van der Waals surface area contributed by atoms with Gasteiger partial charge in [-0.2, -0.15) is 4.31 Å². The Kier molecular flexibility index (Phi) is 5.88. The van der Waals surface area contributed by atoms with Crippen molar-refractivity contribution in [3.8, 4) is 0 Å². The number of anilines is 1. The van der Waals surface area contributed by atoms with Gasteiger partial charge in [0.05, 0.1) is 11.4 Å². The number of hydrogen-bond donors (Lipinski definition) is 1. The summed E-state index contributed by atoms with van der Waals surface area (Å²) >= 11 is 0. The van der Waals surface area contributed by atoms with Crippen LogP contribution in [0, 0.1) is 13.8 Å². The van der Waals surface area contributed by atoms with Crippen molar-refractivity contribution in [3.05, 3.63) is 53.7 Å². The number of rotatable bonds is 5. The summed E-state index contributed by atoms with van der Waals surface area (Å²) in [5.41, 5.74) is 2.05. The van der Waals surface area contributed by atoms with Gasteiger partial charge in [-0.3, -0.25) is 9.69 Å². The maximum atomic E-state index is 12.7. The fraction of sp³-hybridized carbons (Fsp3) is 0.368. The van der Waals surface area contributed by atoms with E-state index < -0.39 is 10.0 Å². The summed E-state index contributed by atoms with van der Waals surface area (Å²) < 4.78 is 26.9. The van der Waals surface area contributed by atoms with Crippen LogP contribution in [-0.2, 0) is 14.8 Å². The van der Waals surface area contributed by atoms with E-state index in [0.29, 0.717) is 36.9 Å². The molecular formula is C19H24N4O3S. The minimum Gasteiger partial charge on any atom is -0.310 e. The van der Waals surface area contributed by atoms with Crippen molar-refractivity contribution >= 4 is 21.7 Å². The third-order valence-corrected chi connectivity index (χ3v) is 6.45. The molecule has 27 heavy (non-hydrogen) atoms. The van der Waals surface area contributed by atoms with Crippen molar-refractivity contribution in [2.75, 3.05) is 38.0 Å². The predicted octanol–water partition coefficient (Wildman–Crippen LogP) is 1.64. The maximum absolute atomic E-state index is 12.7. The smallest absolute Gasteiger partial charge is 0.243 e. The molecule has 2 heterocycles. The van der Waals surface area contributed by atoms with Gasteiger partial charge >= 0.3 is 0 Å². The first-order valence-electron chi connectivity index (χ1n) is 8.86. The Hall–Kier alpha value is -2.29. The Morgan fingerprint density at radius 3 is 2.22 bits per heavy atom. The predicted molar refractivity (Wildman–Crippen MR) is 104 cm³/mol. The standard InChI is InChI=1S/C19H24N4O3S/c1-15-3-6-17(7-4-15)27(25,26)23-11-9-22(10-12-23)14-19(24)21-18-8-5-16(2)13-20-18/h3-8,13H,9-12,14H2,1-2H3,(H,20,21,24). The van der Waals surface area contributed by atoms with Gasteiger partial charge in [-0.25, -0.2) is 13.4 Å². The van der Waals surface area contributed by atoms with E-state index in [1.165, 1.54) is 4.31 Å². The number of nitrogens with one attached hydrogen (secondary N) is 1. The molecule has 0 spiro atoms. The van der Waals surface area contributed by atoms with Crippen LogP contribution in [0.15, 0.2) is 47.5 Å². The number of carbonyl (C=O) groups excluding carboxylic acids is 1. The number of pyridine rings is 1. The fourth-order valence-corrected chi connectivity index (χ4v) is 4.34. The lowest BCUT2D eigenvalue weighted by molar-refractivity contribution is -0.117. The minimum atomic E-state index is -3.49. The monoisotopic (exact) mass is 388 g/mol. The molecule has 2 aromatic rings. The highest BCUT2D eigenvalue weighted by atomic mass is 32.2. The summed E-state index contributed by atoms with van der Waals surface area (Å²) in [7, 11) is -3.49. The Bertz CT molecular complexity index is 888. The molecule has 0 radical (unpaired) electrons. The quantitative estimate of drug-likeness (QED) is 0.842. The lowest BCUT2D eigenvalue weighted by atomic mass is 10.2. The number of nitrogens with zero attached hydrogens (tertiary/aromatic N) is 3. The zero-order chi connectivity index (χ0) is 19.4. The van der Waals surface area contributed by atoms with Crippen molar-refractivity contribution in [2.45, 2.75) is 18.7 Å². The lowest BCUT2D eigenvalue weighted by Crippen LogP contribution is -2.50. The summed E-state index contributed by atoms with van der Waals surface area (Å²) in [4.78, 5) is 18.6. The molecule has 1 aliphatic rings. The SMILES string of the molecule is Cc1ccc(S(=O)(=O)N2CCN(CC(=O)Nc3ccc(C)cn3)CC2)cc1. The molecule has 144 valence electrons. The summed E-state index contributed by atoms with van der Waals surface area (Å²) in [6.45, 7) is 5.83. The highest BCUT2D eigenvalue weighted by Gasteiger charge is 2.28. The van der Waals surface area contributed by atoms with E-state index in [2.05, 4.69) is 10.3 Å².